The second-order valence-corrected chi connectivity index (χ2v) is 7.67. The molecule has 0 unspecified atom stereocenters. The Morgan fingerprint density at radius 2 is 1.75 bits per heavy atom. The highest BCUT2D eigenvalue weighted by Crippen LogP contribution is 2.31. The van der Waals surface area contributed by atoms with Gasteiger partial charge in [0.2, 0.25) is 5.95 Å². The predicted octanol–water partition coefficient (Wildman–Crippen LogP) is 2.91. The van der Waals surface area contributed by atoms with Crippen LogP contribution in [0.2, 0.25) is 0 Å². The summed E-state index contributed by atoms with van der Waals surface area (Å²) < 4.78 is 82.3. The summed E-state index contributed by atoms with van der Waals surface area (Å²) in [5, 5.41) is 7.63. The highest BCUT2D eigenvalue weighted by molar-refractivity contribution is 5.68. The summed E-state index contributed by atoms with van der Waals surface area (Å²) in [5.74, 6) is 0.115. The number of amides is 1. The third-order valence-electron chi connectivity index (χ3n) is 5.04. The Labute approximate surface area is 200 Å². The lowest BCUT2D eigenvalue weighted by molar-refractivity contribution is -0.139. The lowest BCUT2D eigenvalue weighted by Gasteiger charge is -2.34. The molecule has 0 saturated carbocycles. The number of alkyl halides is 6. The number of H-pyrrole nitrogens is 1. The van der Waals surface area contributed by atoms with Crippen molar-refractivity contribution in [2.45, 2.75) is 25.3 Å². The molecule has 1 aliphatic heterocycles. The number of hydrogen-bond acceptors (Lipinski definition) is 8. The van der Waals surface area contributed by atoms with Crippen molar-refractivity contribution in [2.24, 2.45) is 0 Å². The summed E-state index contributed by atoms with van der Waals surface area (Å²) in [6.07, 6.45) is -4.92. The molecule has 16 heteroatoms. The van der Waals surface area contributed by atoms with Crippen LogP contribution in [0.25, 0.3) is 0 Å². The molecular formula is C20H21F6N7O3. The van der Waals surface area contributed by atoms with Crippen LogP contribution in [-0.2, 0) is 17.1 Å². The van der Waals surface area contributed by atoms with E-state index in [0.29, 0.717) is 12.4 Å². The number of rotatable bonds is 6. The van der Waals surface area contributed by atoms with Crippen molar-refractivity contribution in [1.82, 2.24) is 25.1 Å². The van der Waals surface area contributed by atoms with Crippen LogP contribution in [0.3, 0.4) is 0 Å². The molecule has 1 aliphatic rings. The molecule has 36 heavy (non-hydrogen) atoms. The van der Waals surface area contributed by atoms with Gasteiger partial charge in [-0.1, -0.05) is 6.08 Å². The second kappa shape index (κ2) is 10.8. The van der Waals surface area contributed by atoms with Crippen LogP contribution in [0.15, 0.2) is 35.5 Å². The van der Waals surface area contributed by atoms with E-state index in [2.05, 4.69) is 20.4 Å². The molecule has 3 heterocycles. The zero-order chi connectivity index (χ0) is 26.5. The minimum absolute atomic E-state index is 0.115. The monoisotopic (exact) mass is 521 g/mol. The van der Waals surface area contributed by atoms with E-state index in [1.54, 1.807) is 10.00 Å². The molecule has 0 aliphatic carbocycles. The number of piperazine rings is 1. The van der Waals surface area contributed by atoms with Gasteiger partial charge in [-0.05, 0) is 13.0 Å². The Morgan fingerprint density at radius 3 is 2.33 bits per heavy atom. The van der Waals surface area contributed by atoms with Crippen molar-refractivity contribution in [1.29, 1.82) is 0 Å². The fourth-order valence-corrected chi connectivity index (χ4v) is 3.27. The Bertz CT molecular complexity index is 1130. The maximum absolute atomic E-state index is 13.1. The van der Waals surface area contributed by atoms with Crippen LogP contribution < -0.4 is 15.8 Å². The van der Waals surface area contributed by atoms with Crippen molar-refractivity contribution < 1.29 is 35.9 Å². The van der Waals surface area contributed by atoms with Crippen LogP contribution in [0.1, 0.15) is 18.1 Å². The van der Waals surface area contributed by atoms with Gasteiger partial charge in [-0.2, -0.15) is 31.4 Å². The molecule has 1 fully saturated rings. The molecule has 3 rings (SSSR count). The number of hydrogen-bond donors (Lipinski definition) is 2. The first-order valence-electron chi connectivity index (χ1n) is 10.5. The van der Waals surface area contributed by atoms with Crippen LogP contribution in [-0.4, -0.2) is 70.0 Å². The molecule has 10 nitrogen and oxygen atoms in total. The maximum Gasteiger partial charge on any atom is 0.423 e. The van der Waals surface area contributed by atoms with E-state index in [1.165, 1.54) is 24.0 Å². The smallest absolute Gasteiger partial charge is 0.423 e. The second-order valence-electron chi connectivity index (χ2n) is 7.67. The molecule has 0 aromatic carbocycles. The molecule has 1 amide bonds. The summed E-state index contributed by atoms with van der Waals surface area (Å²) in [4.78, 5) is 34.2. The van der Waals surface area contributed by atoms with E-state index in [0.717, 1.165) is 6.20 Å². The van der Waals surface area contributed by atoms with Gasteiger partial charge in [-0.15, -0.1) is 0 Å². The summed E-state index contributed by atoms with van der Waals surface area (Å²) >= 11 is 0. The largest absolute Gasteiger partial charge is 0.445 e. The number of anilines is 2. The molecule has 1 saturated heterocycles. The number of halogens is 6. The highest BCUT2D eigenvalue weighted by atomic mass is 19.4. The fourth-order valence-electron chi connectivity index (χ4n) is 3.27. The SMILES string of the molecule is C[C@H](/C=C/COC(=O)N1CCN(c2ncc(C(F)(F)F)cn2)CC1)Nc1cn[nH]c(=O)c1C(F)(F)F. The summed E-state index contributed by atoms with van der Waals surface area (Å²) in [6.45, 7) is 2.38. The topological polar surface area (TPSA) is 116 Å². The van der Waals surface area contributed by atoms with Crippen LogP contribution in [0, 0.1) is 0 Å². The summed E-state index contributed by atoms with van der Waals surface area (Å²) in [6, 6.07) is -0.652. The average molecular weight is 521 g/mol. The third-order valence-corrected chi connectivity index (χ3v) is 5.04. The number of carbonyl (C=O) groups excluding carboxylic acids is 1. The number of aromatic amines is 1. The number of carbonyl (C=O) groups is 1. The van der Waals surface area contributed by atoms with Crippen LogP contribution >= 0.6 is 0 Å². The first-order valence-corrected chi connectivity index (χ1v) is 10.5. The average Bonchev–Trinajstić information content (AvgIpc) is 2.80. The first kappa shape index (κ1) is 26.7. The van der Waals surface area contributed by atoms with E-state index in [4.69, 9.17) is 4.74 Å². The van der Waals surface area contributed by atoms with E-state index >= 15 is 0 Å². The van der Waals surface area contributed by atoms with Crippen molar-refractivity contribution >= 4 is 17.7 Å². The summed E-state index contributed by atoms with van der Waals surface area (Å²) in [7, 11) is 0. The fraction of sp³-hybridized carbons (Fsp3) is 0.450. The van der Waals surface area contributed by atoms with E-state index in [-0.39, 0.29) is 38.7 Å². The van der Waals surface area contributed by atoms with Crippen LogP contribution in [0.5, 0.6) is 0 Å². The Morgan fingerprint density at radius 1 is 1.11 bits per heavy atom. The molecule has 0 bridgehead atoms. The van der Waals surface area contributed by atoms with E-state index in [9.17, 15) is 35.9 Å². The van der Waals surface area contributed by atoms with Crippen molar-refractivity contribution in [3.8, 4) is 0 Å². The number of nitrogens with one attached hydrogen (secondary N) is 2. The normalized spacial score (nSPS) is 15.8. The lowest BCUT2D eigenvalue weighted by atomic mass is 10.2. The van der Waals surface area contributed by atoms with Gasteiger partial charge in [0.1, 0.15) is 12.2 Å². The van der Waals surface area contributed by atoms with E-state index in [1.807, 2.05) is 0 Å². The van der Waals surface area contributed by atoms with Gasteiger partial charge in [0, 0.05) is 44.6 Å². The molecule has 196 valence electrons. The molecule has 1 atom stereocenters. The lowest BCUT2D eigenvalue weighted by Crippen LogP contribution is -2.49. The minimum atomic E-state index is -4.87. The Balaban J connectivity index is 1.45. The third kappa shape index (κ3) is 6.85. The predicted molar refractivity (Wildman–Crippen MR) is 114 cm³/mol. The molecule has 0 spiro atoms. The highest BCUT2D eigenvalue weighted by Gasteiger charge is 2.37. The number of nitrogens with zero attached hydrogens (tertiary/aromatic N) is 5. The first-order chi connectivity index (χ1) is 16.9. The minimum Gasteiger partial charge on any atom is -0.445 e. The Hall–Kier alpha value is -3.85. The molecule has 0 radical (unpaired) electrons. The number of aromatic nitrogens is 4. The van der Waals surface area contributed by atoms with Gasteiger partial charge >= 0.3 is 18.4 Å². The quantitative estimate of drug-likeness (QED) is 0.441. The standard InChI is InChI=1S/C20H21F6N7O3/c1-12(30-14-11-29-31-16(34)15(14)20(24,25)26)3-2-8-36-18(35)33-6-4-32(5-7-33)17-27-9-13(10-28-17)19(21,22)23/h2-3,9-12H,4-8H2,1H3,(H2,30,31,34)/b3-2+/t12-/m1/s1. The van der Waals surface area contributed by atoms with Crippen molar-refractivity contribution in [3.05, 3.63) is 52.2 Å². The van der Waals surface area contributed by atoms with Gasteiger partial charge in [0.25, 0.3) is 5.56 Å². The van der Waals surface area contributed by atoms with Crippen molar-refractivity contribution in [2.75, 3.05) is 43.0 Å². The maximum atomic E-state index is 13.1. The van der Waals surface area contributed by atoms with Gasteiger partial charge in [0.05, 0.1) is 17.4 Å². The number of ether oxygens (including phenoxy) is 1. The van der Waals surface area contributed by atoms with Gasteiger partial charge in [-0.25, -0.2) is 19.9 Å². The van der Waals surface area contributed by atoms with Gasteiger partial charge in [0.15, 0.2) is 0 Å². The zero-order valence-electron chi connectivity index (χ0n) is 18.7. The zero-order valence-corrected chi connectivity index (χ0v) is 18.7. The van der Waals surface area contributed by atoms with E-state index < -0.39 is 46.9 Å². The summed E-state index contributed by atoms with van der Waals surface area (Å²) in [5.41, 5.74) is -4.22. The van der Waals surface area contributed by atoms with Gasteiger partial charge in [-0.3, -0.25) is 4.79 Å². The molecule has 2 N–H and O–H groups in total. The Kier molecular flexibility index (Phi) is 8.04. The molecule has 2 aromatic heterocycles. The molecular weight excluding hydrogens is 500 g/mol. The van der Waals surface area contributed by atoms with Gasteiger partial charge < -0.3 is 19.9 Å². The molecule has 2 aromatic rings. The van der Waals surface area contributed by atoms with Crippen molar-refractivity contribution in [3.63, 3.8) is 0 Å². The van der Waals surface area contributed by atoms with Crippen LogP contribution in [0.4, 0.5) is 42.8 Å².